The SMILES string of the molecule is Cc1cccc(C)c1OC1C(CC(C)O)N(CC(=O)O)CCNCCN(CC(=O)O)CCN1CC(=O)O. The molecule has 0 aromatic heterocycles. The molecule has 1 saturated heterocycles. The summed E-state index contributed by atoms with van der Waals surface area (Å²) in [5.41, 5.74) is 1.66. The van der Waals surface area contributed by atoms with Gasteiger partial charge in [0.1, 0.15) is 5.75 Å². The van der Waals surface area contributed by atoms with Gasteiger partial charge in [-0.15, -0.1) is 0 Å². The first kappa shape index (κ1) is 30.5. The lowest BCUT2D eigenvalue weighted by atomic mass is 10.0. The number of aliphatic carboxylic acids is 3. The van der Waals surface area contributed by atoms with Crippen LogP contribution in [0.25, 0.3) is 0 Å². The van der Waals surface area contributed by atoms with Crippen LogP contribution in [0.15, 0.2) is 18.2 Å². The third-order valence-corrected chi connectivity index (χ3v) is 6.31. The number of aliphatic hydroxyl groups excluding tert-OH is 1. The summed E-state index contributed by atoms with van der Waals surface area (Å²) in [6.45, 7) is 6.45. The van der Waals surface area contributed by atoms with E-state index >= 15 is 0 Å². The van der Waals surface area contributed by atoms with Gasteiger partial charge in [0.05, 0.1) is 31.8 Å². The van der Waals surface area contributed by atoms with Gasteiger partial charge in [-0.05, 0) is 38.3 Å². The molecular weight excluding hydrogens is 484 g/mol. The van der Waals surface area contributed by atoms with Crippen molar-refractivity contribution in [3.63, 3.8) is 0 Å². The standard InChI is InChI=1S/C25H40N4O8/c1-17-5-4-6-18(2)24(17)37-25-20(13-19(3)30)28(15-22(33)34)10-8-26-7-9-27(14-21(31)32)11-12-29(25)16-23(35)36/h4-6,19-20,25-26,30H,7-16H2,1-3H3,(H,31,32)(H,33,34)(H,35,36). The third kappa shape index (κ3) is 10.3. The number of ether oxygens (including phenoxy) is 1. The summed E-state index contributed by atoms with van der Waals surface area (Å²) in [6, 6.07) is 4.95. The van der Waals surface area contributed by atoms with Gasteiger partial charge >= 0.3 is 17.9 Å². The predicted octanol–water partition coefficient (Wildman–Crippen LogP) is -0.0892. The van der Waals surface area contributed by atoms with Crippen LogP contribution in [0, 0.1) is 13.8 Å². The number of aliphatic hydroxyl groups is 1. The Balaban J connectivity index is 2.60. The van der Waals surface area contributed by atoms with Crippen molar-refractivity contribution in [3.05, 3.63) is 29.3 Å². The second-order valence-electron chi connectivity index (χ2n) is 9.53. The first-order valence-electron chi connectivity index (χ1n) is 12.5. The van der Waals surface area contributed by atoms with E-state index in [9.17, 15) is 34.8 Å². The molecule has 0 amide bonds. The van der Waals surface area contributed by atoms with Crippen LogP contribution in [-0.2, 0) is 14.4 Å². The van der Waals surface area contributed by atoms with E-state index in [1.807, 2.05) is 32.0 Å². The van der Waals surface area contributed by atoms with Crippen LogP contribution in [0.2, 0.25) is 0 Å². The van der Waals surface area contributed by atoms with Crippen LogP contribution in [0.1, 0.15) is 24.5 Å². The smallest absolute Gasteiger partial charge is 0.317 e. The molecule has 1 aromatic rings. The van der Waals surface area contributed by atoms with E-state index in [-0.39, 0.29) is 32.6 Å². The molecule has 12 nitrogen and oxygen atoms in total. The highest BCUT2D eigenvalue weighted by Crippen LogP contribution is 2.28. The number of hydrogen-bond donors (Lipinski definition) is 5. The first-order chi connectivity index (χ1) is 17.5. The van der Waals surface area contributed by atoms with Crippen molar-refractivity contribution in [1.82, 2.24) is 20.0 Å². The zero-order valence-electron chi connectivity index (χ0n) is 21.8. The minimum Gasteiger partial charge on any atom is -0.480 e. The Kier molecular flexibility index (Phi) is 12.2. The van der Waals surface area contributed by atoms with Crippen molar-refractivity contribution in [2.75, 3.05) is 58.9 Å². The lowest BCUT2D eigenvalue weighted by Gasteiger charge is -2.43. The van der Waals surface area contributed by atoms with E-state index in [1.54, 1.807) is 21.6 Å². The van der Waals surface area contributed by atoms with Crippen LogP contribution in [0.5, 0.6) is 5.75 Å². The zero-order chi connectivity index (χ0) is 27.5. The van der Waals surface area contributed by atoms with Gasteiger partial charge in [-0.2, -0.15) is 0 Å². The predicted molar refractivity (Wildman–Crippen MR) is 136 cm³/mol. The van der Waals surface area contributed by atoms with Gasteiger partial charge in [0, 0.05) is 39.3 Å². The lowest BCUT2D eigenvalue weighted by molar-refractivity contribution is -0.147. The van der Waals surface area contributed by atoms with Gasteiger partial charge in [0.15, 0.2) is 6.23 Å². The Labute approximate surface area is 217 Å². The number of para-hydroxylation sites is 1. The second-order valence-corrected chi connectivity index (χ2v) is 9.53. The van der Waals surface area contributed by atoms with Gasteiger partial charge in [-0.1, -0.05) is 18.2 Å². The molecule has 0 radical (unpaired) electrons. The quantitative estimate of drug-likeness (QED) is 0.277. The van der Waals surface area contributed by atoms with Gasteiger partial charge < -0.3 is 30.5 Å². The van der Waals surface area contributed by atoms with Crippen LogP contribution in [-0.4, -0.2) is 130 Å². The maximum absolute atomic E-state index is 11.9. The van der Waals surface area contributed by atoms with E-state index in [0.29, 0.717) is 31.9 Å². The molecule has 1 aromatic carbocycles. The van der Waals surface area contributed by atoms with Crippen molar-refractivity contribution < 1.29 is 39.5 Å². The Morgan fingerprint density at radius 3 is 2.05 bits per heavy atom. The molecule has 0 aliphatic carbocycles. The average Bonchev–Trinajstić information content (AvgIpc) is 2.77. The van der Waals surface area contributed by atoms with E-state index in [0.717, 1.165) is 11.1 Å². The molecule has 3 atom stereocenters. The number of hydrogen-bond acceptors (Lipinski definition) is 9. The summed E-state index contributed by atoms with van der Waals surface area (Å²) in [4.78, 5) is 40.2. The molecule has 2 rings (SSSR count). The molecule has 208 valence electrons. The minimum absolute atomic E-state index is 0.137. The molecule has 5 N–H and O–H groups in total. The molecule has 1 aliphatic heterocycles. The van der Waals surface area contributed by atoms with Crippen molar-refractivity contribution in [1.29, 1.82) is 0 Å². The monoisotopic (exact) mass is 524 g/mol. The number of aryl methyl sites for hydroxylation is 2. The average molecular weight is 525 g/mol. The second kappa shape index (κ2) is 14.8. The summed E-state index contributed by atoms with van der Waals surface area (Å²) in [6.07, 6.45) is -1.62. The number of carboxylic acid groups (broad SMARTS) is 3. The lowest BCUT2D eigenvalue weighted by Crippen LogP contribution is -2.60. The number of carbonyl (C=O) groups is 3. The van der Waals surface area contributed by atoms with Gasteiger partial charge in [-0.3, -0.25) is 29.1 Å². The van der Waals surface area contributed by atoms with Crippen molar-refractivity contribution >= 4 is 17.9 Å². The molecule has 1 aliphatic rings. The summed E-state index contributed by atoms with van der Waals surface area (Å²) < 4.78 is 6.54. The molecule has 12 heteroatoms. The highest BCUT2D eigenvalue weighted by molar-refractivity contribution is 5.70. The largest absolute Gasteiger partial charge is 0.480 e. The van der Waals surface area contributed by atoms with Crippen molar-refractivity contribution in [3.8, 4) is 5.75 Å². The highest BCUT2D eigenvalue weighted by Gasteiger charge is 2.37. The molecule has 0 saturated carbocycles. The Hall–Kier alpha value is -2.77. The summed E-state index contributed by atoms with van der Waals surface area (Å²) in [5, 5.41) is 42.4. The number of nitrogens with zero attached hydrogens (tertiary/aromatic N) is 3. The topological polar surface area (TPSA) is 163 Å². The fourth-order valence-electron chi connectivity index (χ4n) is 4.62. The molecule has 37 heavy (non-hydrogen) atoms. The maximum atomic E-state index is 11.9. The van der Waals surface area contributed by atoms with E-state index in [2.05, 4.69) is 5.32 Å². The van der Waals surface area contributed by atoms with Gasteiger partial charge in [-0.25, -0.2) is 0 Å². The summed E-state index contributed by atoms with van der Waals surface area (Å²) in [7, 11) is 0. The minimum atomic E-state index is -1.10. The zero-order valence-corrected chi connectivity index (χ0v) is 21.8. The Morgan fingerprint density at radius 1 is 0.919 bits per heavy atom. The Bertz CT molecular complexity index is 892. The van der Waals surface area contributed by atoms with Crippen molar-refractivity contribution in [2.24, 2.45) is 0 Å². The molecule has 3 unspecified atom stereocenters. The number of rotatable bonds is 10. The normalized spacial score (nSPS) is 21.9. The first-order valence-corrected chi connectivity index (χ1v) is 12.5. The molecule has 1 heterocycles. The van der Waals surface area contributed by atoms with Gasteiger partial charge in [0.2, 0.25) is 0 Å². The molecule has 1 fully saturated rings. The fraction of sp³-hybridized carbons (Fsp3) is 0.640. The fourth-order valence-corrected chi connectivity index (χ4v) is 4.62. The van der Waals surface area contributed by atoms with Crippen LogP contribution < -0.4 is 10.1 Å². The van der Waals surface area contributed by atoms with E-state index in [1.165, 1.54) is 0 Å². The maximum Gasteiger partial charge on any atom is 0.317 e. The van der Waals surface area contributed by atoms with Crippen LogP contribution in [0.4, 0.5) is 0 Å². The van der Waals surface area contributed by atoms with E-state index < -0.39 is 42.8 Å². The third-order valence-electron chi connectivity index (χ3n) is 6.31. The Morgan fingerprint density at radius 2 is 1.49 bits per heavy atom. The van der Waals surface area contributed by atoms with Crippen molar-refractivity contribution in [2.45, 2.75) is 45.6 Å². The van der Waals surface area contributed by atoms with Gasteiger partial charge in [0.25, 0.3) is 0 Å². The molecular formula is C25H40N4O8. The number of benzene rings is 1. The number of nitrogens with one attached hydrogen (secondary N) is 1. The van der Waals surface area contributed by atoms with E-state index in [4.69, 9.17) is 4.74 Å². The molecule has 0 spiro atoms. The van der Waals surface area contributed by atoms with Crippen LogP contribution in [0.3, 0.4) is 0 Å². The van der Waals surface area contributed by atoms with Crippen LogP contribution >= 0.6 is 0 Å². The summed E-state index contributed by atoms with van der Waals surface area (Å²) in [5.74, 6) is -2.58. The summed E-state index contributed by atoms with van der Waals surface area (Å²) >= 11 is 0. The highest BCUT2D eigenvalue weighted by atomic mass is 16.5. The number of carboxylic acids is 3. The molecule has 0 bridgehead atoms.